The molecule has 0 aliphatic carbocycles. The van der Waals surface area contributed by atoms with E-state index in [1.54, 1.807) is 19.1 Å². The quantitative estimate of drug-likeness (QED) is 0.497. The Balaban J connectivity index is 1.54. The second-order valence-electron chi connectivity index (χ2n) is 7.30. The van der Waals surface area contributed by atoms with Crippen molar-refractivity contribution in [3.05, 3.63) is 58.1 Å². The summed E-state index contributed by atoms with van der Waals surface area (Å²) in [6.07, 6.45) is 1.13. The van der Waals surface area contributed by atoms with Gasteiger partial charge in [-0.25, -0.2) is 0 Å². The molecule has 160 valence electrons. The van der Waals surface area contributed by atoms with Crippen LogP contribution >= 0.6 is 0 Å². The van der Waals surface area contributed by atoms with Gasteiger partial charge in [-0.2, -0.15) is 0 Å². The molecule has 1 unspecified atom stereocenters. The van der Waals surface area contributed by atoms with E-state index in [1.165, 1.54) is 6.07 Å². The van der Waals surface area contributed by atoms with Gasteiger partial charge in [0.25, 0.3) is 5.69 Å². The maximum Gasteiger partial charge on any atom is 0.274 e. The third kappa shape index (κ3) is 5.48. The molecule has 1 heterocycles. The fourth-order valence-electron chi connectivity index (χ4n) is 3.48. The van der Waals surface area contributed by atoms with E-state index in [2.05, 4.69) is 17.1 Å². The summed E-state index contributed by atoms with van der Waals surface area (Å²) >= 11 is 0. The average molecular weight is 413 g/mol. The molecule has 2 aromatic rings. The number of rotatable bonds is 9. The molecule has 8 nitrogen and oxygen atoms in total. The van der Waals surface area contributed by atoms with Crippen LogP contribution in [0.25, 0.3) is 0 Å². The third-order valence-corrected chi connectivity index (χ3v) is 5.00. The zero-order valence-corrected chi connectivity index (χ0v) is 17.3. The van der Waals surface area contributed by atoms with Gasteiger partial charge in [0.15, 0.2) is 11.5 Å². The Hall–Kier alpha value is -3.13. The zero-order chi connectivity index (χ0) is 21.5. The molecule has 0 fully saturated rings. The monoisotopic (exact) mass is 413 g/mol. The summed E-state index contributed by atoms with van der Waals surface area (Å²) in [5, 5.41) is 13.9. The Morgan fingerprint density at radius 2 is 1.97 bits per heavy atom. The van der Waals surface area contributed by atoms with Crippen LogP contribution in [-0.4, -0.2) is 48.1 Å². The standard InChI is InChI=1S/C22H27N3O5/c1-3-12-24(14-17-15-29-20-9-4-5-10-21(20)30-17)13-11-22(26)23-18-7-6-8-19(16(18)2)25(27)28/h4-10,17H,3,11-15H2,1-2H3,(H,23,26). The number of benzene rings is 2. The smallest absolute Gasteiger partial charge is 0.274 e. The van der Waals surface area contributed by atoms with Gasteiger partial charge in [-0.15, -0.1) is 0 Å². The van der Waals surface area contributed by atoms with Crippen molar-refractivity contribution >= 4 is 17.3 Å². The van der Waals surface area contributed by atoms with E-state index in [9.17, 15) is 14.9 Å². The Kier molecular flexibility index (Phi) is 7.24. The number of fused-ring (bicyclic) bond motifs is 1. The minimum absolute atomic E-state index is 0.00450. The SMILES string of the molecule is CCCN(CCC(=O)Nc1cccc([N+](=O)[O-])c1C)CC1COc2ccccc2O1. The second kappa shape index (κ2) is 10.1. The molecule has 30 heavy (non-hydrogen) atoms. The molecule has 1 aliphatic heterocycles. The molecule has 0 aromatic heterocycles. The number of carbonyl (C=O) groups is 1. The van der Waals surface area contributed by atoms with Crippen LogP contribution in [0.1, 0.15) is 25.3 Å². The molecule has 1 aliphatic rings. The van der Waals surface area contributed by atoms with Gasteiger partial charge in [-0.3, -0.25) is 19.8 Å². The summed E-state index contributed by atoms with van der Waals surface area (Å²) in [5.41, 5.74) is 0.916. The van der Waals surface area contributed by atoms with Crippen molar-refractivity contribution in [1.82, 2.24) is 4.90 Å². The highest BCUT2D eigenvalue weighted by Crippen LogP contribution is 2.31. The van der Waals surface area contributed by atoms with E-state index < -0.39 is 4.92 Å². The first-order valence-electron chi connectivity index (χ1n) is 10.1. The summed E-state index contributed by atoms with van der Waals surface area (Å²) in [7, 11) is 0. The van der Waals surface area contributed by atoms with Crippen molar-refractivity contribution in [1.29, 1.82) is 0 Å². The van der Waals surface area contributed by atoms with Crippen LogP contribution in [-0.2, 0) is 4.79 Å². The highest BCUT2D eigenvalue weighted by atomic mass is 16.6. The fourth-order valence-corrected chi connectivity index (χ4v) is 3.48. The maximum absolute atomic E-state index is 12.4. The van der Waals surface area contributed by atoms with Crippen molar-refractivity contribution in [2.45, 2.75) is 32.8 Å². The van der Waals surface area contributed by atoms with Gasteiger partial charge in [-0.1, -0.05) is 25.1 Å². The summed E-state index contributed by atoms with van der Waals surface area (Å²) in [4.78, 5) is 25.3. The van der Waals surface area contributed by atoms with Crippen molar-refractivity contribution in [3.8, 4) is 11.5 Å². The van der Waals surface area contributed by atoms with Gasteiger partial charge in [0, 0.05) is 25.6 Å². The number of nitro groups is 1. The summed E-state index contributed by atoms with van der Waals surface area (Å²) < 4.78 is 11.8. The first kappa shape index (κ1) is 21.6. The van der Waals surface area contributed by atoms with Crippen molar-refractivity contribution in [2.75, 3.05) is 31.6 Å². The highest BCUT2D eigenvalue weighted by Gasteiger charge is 2.23. The van der Waals surface area contributed by atoms with E-state index in [0.717, 1.165) is 24.5 Å². The molecule has 1 atom stereocenters. The number of nitrogens with zero attached hydrogens (tertiary/aromatic N) is 2. The topological polar surface area (TPSA) is 93.9 Å². The number of para-hydroxylation sites is 2. The van der Waals surface area contributed by atoms with Crippen LogP contribution in [0.3, 0.4) is 0 Å². The molecular formula is C22H27N3O5. The lowest BCUT2D eigenvalue weighted by Gasteiger charge is -2.31. The number of carbonyl (C=O) groups excluding carboxylic acids is 1. The Bertz CT molecular complexity index is 902. The molecule has 0 radical (unpaired) electrons. The molecule has 1 amide bonds. The number of hydrogen-bond acceptors (Lipinski definition) is 6. The van der Waals surface area contributed by atoms with Crippen LogP contribution in [0.15, 0.2) is 42.5 Å². The van der Waals surface area contributed by atoms with Crippen LogP contribution in [0.4, 0.5) is 11.4 Å². The molecule has 3 rings (SSSR count). The lowest BCUT2D eigenvalue weighted by atomic mass is 10.1. The maximum atomic E-state index is 12.4. The molecule has 8 heteroatoms. The van der Waals surface area contributed by atoms with Crippen molar-refractivity contribution in [3.63, 3.8) is 0 Å². The number of hydrogen-bond donors (Lipinski definition) is 1. The van der Waals surface area contributed by atoms with Crippen LogP contribution in [0.5, 0.6) is 11.5 Å². The predicted molar refractivity (Wildman–Crippen MR) is 114 cm³/mol. The van der Waals surface area contributed by atoms with Gasteiger partial charge in [0.05, 0.1) is 16.2 Å². The highest BCUT2D eigenvalue weighted by molar-refractivity contribution is 5.92. The van der Waals surface area contributed by atoms with Gasteiger partial charge >= 0.3 is 0 Å². The van der Waals surface area contributed by atoms with E-state index in [4.69, 9.17) is 9.47 Å². The largest absolute Gasteiger partial charge is 0.486 e. The minimum atomic E-state index is -0.446. The molecule has 2 aromatic carbocycles. The van der Waals surface area contributed by atoms with E-state index in [-0.39, 0.29) is 24.1 Å². The molecule has 1 N–H and O–H groups in total. The van der Waals surface area contributed by atoms with Gasteiger partial charge in [-0.05, 0) is 38.1 Å². The second-order valence-corrected chi connectivity index (χ2v) is 7.30. The van der Waals surface area contributed by atoms with E-state index in [0.29, 0.717) is 30.9 Å². The Morgan fingerprint density at radius 1 is 1.20 bits per heavy atom. The molecule has 0 saturated carbocycles. The number of nitrogens with one attached hydrogen (secondary N) is 1. The normalized spacial score (nSPS) is 15.1. The van der Waals surface area contributed by atoms with Gasteiger partial charge < -0.3 is 14.8 Å². The number of ether oxygens (including phenoxy) is 2. The van der Waals surface area contributed by atoms with Crippen molar-refractivity contribution < 1.29 is 19.2 Å². The van der Waals surface area contributed by atoms with Crippen LogP contribution in [0.2, 0.25) is 0 Å². The van der Waals surface area contributed by atoms with Crippen LogP contribution < -0.4 is 14.8 Å². The molecule has 0 saturated heterocycles. The number of amides is 1. The molecular weight excluding hydrogens is 386 g/mol. The van der Waals surface area contributed by atoms with E-state index in [1.807, 2.05) is 24.3 Å². The first-order valence-corrected chi connectivity index (χ1v) is 10.1. The predicted octanol–water partition coefficient (Wildman–Crippen LogP) is 3.78. The molecule has 0 spiro atoms. The summed E-state index contributed by atoms with van der Waals surface area (Å²) in [6, 6.07) is 12.3. The fraction of sp³-hybridized carbons (Fsp3) is 0.409. The van der Waals surface area contributed by atoms with Gasteiger partial charge in [0.1, 0.15) is 12.7 Å². The lowest BCUT2D eigenvalue weighted by molar-refractivity contribution is -0.385. The van der Waals surface area contributed by atoms with E-state index >= 15 is 0 Å². The number of nitro benzene ring substituents is 1. The van der Waals surface area contributed by atoms with Crippen LogP contribution in [0, 0.1) is 17.0 Å². The summed E-state index contributed by atoms with van der Waals surface area (Å²) in [6.45, 7) is 6.25. The first-order chi connectivity index (χ1) is 14.5. The zero-order valence-electron chi connectivity index (χ0n) is 17.3. The average Bonchev–Trinajstić information content (AvgIpc) is 2.73. The Labute approximate surface area is 175 Å². The molecule has 0 bridgehead atoms. The lowest BCUT2D eigenvalue weighted by Crippen LogP contribution is -2.42. The summed E-state index contributed by atoms with van der Waals surface area (Å²) in [5.74, 6) is 1.32. The van der Waals surface area contributed by atoms with Crippen molar-refractivity contribution in [2.24, 2.45) is 0 Å². The third-order valence-electron chi connectivity index (χ3n) is 5.00. The number of anilines is 1. The Morgan fingerprint density at radius 3 is 2.70 bits per heavy atom. The van der Waals surface area contributed by atoms with Gasteiger partial charge in [0.2, 0.25) is 5.91 Å². The minimum Gasteiger partial charge on any atom is -0.486 e.